The minimum atomic E-state index is 0.0602. The number of likely N-dealkylation sites (tertiary alicyclic amines) is 1. The van der Waals surface area contributed by atoms with Crippen LogP contribution in [-0.2, 0) is 19.9 Å². The first-order valence-corrected chi connectivity index (χ1v) is 11.5. The number of aryl methyl sites for hydroxylation is 1. The van der Waals surface area contributed by atoms with Crippen molar-refractivity contribution in [3.63, 3.8) is 0 Å². The lowest BCUT2D eigenvalue weighted by molar-refractivity contribution is 0.0707. The van der Waals surface area contributed by atoms with Crippen molar-refractivity contribution in [2.45, 2.75) is 56.9 Å². The number of thiazole rings is 1. The molecule has 3 aliphatic rings. The van der Waals surface area contributed by atoms with Gasteiger partial charge in [-0.1, -0.05) is 6.42 Å². The van der Waals surface area contributed by atoms with E-state index in [4.69, 9.17) is 4.98 Å². The van der Waals surface area contributed by atoms with Crippen molar-refractivity contribution in [1.82, 2.24) is 24.3 Å². The zero-order valence-corrected chi connectivity index (χ0v) is 17.5. The molecule has 6 nitrogen and oxygen atoms in total. The predicted molar refractivity (Wildman–Crippen MR) is 110 cm³/mol. The fourth-order valence-corrected chi connectivity index (χ4v) is 5.98. The molecule has 1 saturated heterocycles. The molecule has 1 amide bonds. The van der Waals surface area contributed by atoms with E-state index in [9.17, 15) is 4.79 Å². The highest BCUT2D eigenvalue weighted by Crippen LogP contribution is 2.35. The Bertz CT molecular complexity index is 821. The molecule has 28 heavy (non-hydrogen) atoms. The number of hydrogen-bond donors (Lipinski definition) is 0. The van der Waals surface area contributed by atoms with Gasteiger partial charge in [-0.25, -0.2) is 9.97 Å². The van der Waals surface area contributed by atoms with Crippen LogP contribution in [0.4, 0.5) is 0 Å². The summed E-state index contributed by atoms with van der Waals surface area (Å²) >= 11 is 1.95. The third kappa shape index (κ3) is 3.50. The van der Waals surface area contributed by atoms with Gasteiger partial charge in [0.2, 0.25) is 0 Å². The van der Waals surface area contributed by atoms with Crippen LogP contribution in [0.2, 0.25) is 0 Å². The van der Waals surface area contributed by atoms with Crippen LogP contribution in [0, 0.1) is 0 Å². The Morgan fingerprint density at radius 3 is 2.57 bits per heavy atom. The Hall–Kier alpha value is -1.73. The Balaban J connectivity index is 1.19. The lowest BCUT2D eigenvalue weighted by Crippen LogP contribution is -2.41. The van der Waals surface area contributed by atoms with Crippen LogP contribution in [0.5, 0.6) is 0 Å². The van der Waals surface area contributed by atoms with Gasteiger partial charge in [0.05, 0.1) is 17.0 Å². The van der Waals surface area contributed by atoms with E-state index in [1.807, 2.05) is 27.9 Å². The normalized spacial score (nSPS) is 22.0. The van der Waals surface area contributed by atoms with E-state index in [-0.39, 0.29) is 5.91 Å². The summed E-state index contributed by atoms with van der Waals surface area (Å²) in [6, 6.07) is 0.842. The van der Waals surface area contributed by atoms with Crippen LogP contribution in [-0.4, -0.2) is 62.5 Å². The number of amides is 1. The van der Waals surface area contributed by atoms with E-state index in [1.54, 1.807) is 12.5 Å². The highest BCUT2D eigenvalue weighted by Gasteiger charge is 2.30. The Morgan fingerprint density at radius 1 is 1.11 bits per heavy atom. The zero-order valence-electron chi connectivity index (χ0n) is 16.6. The lowest BCUT2D eigenvalue weighted by atomic mass is 9.91. The molecule has 2 fully saturated rings. The predicted octanol–water partition coefficient (Wildman–Crippen LogP) is 2.85. The molecule has 2 aromatic heterocycles. The number of carbonyl (C=O) groups is 1. The van der Waals surface area contributed by atoms with E-state index in [1.165, 1.54) is 54.4 Å². The van der Waals surface area contributed by atoms with Crippen LogP contribution in [0.25, 0.3) is 0 Å². The zero-order chi connectivity index (χ0) is 19.1. The molecule has 1 aliphatic carbocycles. The van der Waals surface area contributed by atoms with Crippen molar-refractivity contribution in [3.8, 4) is 0 Å². The van der Waals surface area contributed by atoms with Gasteiger partial charge in [-0.2, -0.15) is 0 Å². The minimum absolute atomic E-state index is 0.0602. The molecule has 2 aliphatic heterocycles. The van der Waals surface area contributed by atoms with Crippen LogP contribution >= 0.6 is 11.3 Å². The first kappa shape index (κ1) is 18.3. The Kier molecular flexibility index (Phi) is 4.97. The van der Waals surface area contributed by atoms with Gasteiger partial charge in [0, 0.05) is 62.7 Å². The second kappa shape index (κ2) is 7.59. The number of nitrogens with zero attached hydrogens (tertiary/aromatic N) is 5. The molecule has 0 spiro atoms. The molecule has 5 rings (SSSR count). The number of imidazole rings is 1. The number of piperidine rings is 1. The molecule has 0 unspecified atom stereocenters. The van der Waals surface area contributed by atoms with E-state index >= 15 is 0 Å². The maximum Gasteiger partial charge on any atom is 0.274 e. The quantitative estimate of drug-likeness (QED) is 0.796. The molecule has 2 aromatic rings. The summed E-state index contributed by atoms with van der Waals surface area (Å²) in [6.07, 6.45) is 12.0. The summed E-state index contributed by atoms with van der Waals surface area (Å²) in [5.74, 6) is 0.567. The van der Waals surface area contributed by atoms with Crippen molar-refractivity contribution < 1.29 is 4.79 Å². The summed E-state index contributed by atoms with van der Waals surface area (Å²) in [5.41, 5.74) is 1.91. The molecule has 0 N–H and O–H groups in total. The van der Waals surface area contributed by atoms with Crippen molar-refractivity contribution in [1.29, 1.82) is 0 Å². The number of fused-ring (bicyclic) bond motifs is 1. The Labute approximate surface area is 170 Å². The van der Waals surface area contributed by atoms with Gasteiger partial charge in [0.1, 0.15) is 5.69 Å². The standard InChI is InChI=1S/C21H29N5OS/c1-24-13-18(22-14-24)21(27)26-9-5-15(6-10-26)20-23-17-7-11-25(16-3-2-4-16)12-8-19(17)28-20/h13-16H,2-12H2,1H3. The second-order valence-corrected chi connectivity index (χ2v) is 9.65. The SMILES string of the molecule is Cn1cnc(C(=O)N2CCC(c3nc4c(s3)CCN(C3CCC3)CC4)CC2)c1. The van der Waals surface area contributed by atoms with E-state index in [0.717, 1.165) is 38.4 Å². The van der Waals surface area contributed by atoms with Gasteiger partial charge in [-0.3, -0.25) is 9.69 Å². The molecule has 4 heterocycles. The number of aromatic nitrogens is 3. The molecular formula is C21H29N5OS. The molecule has 150 valence electrons. The topological polar surface area (TPSA) is 54.3 Å². The molecular weight excluding hydrogens is 370 g/mol. The maximum absolute atomic E-state index is 12.6. The fourth-order valence-electron chi connectivity index (χ4n) is 4.71. The molecule has 7 heteroatoms. The molecule has 0 atom stereocenters. The average Bonchev–Trinajstić information content (AvgIpc) is 3.24. The summed E-state index contributed by atoms with van der Waals surface area (Å²) < 4.78 is 1.83. The largest absolute Gasteiger partial charge is 0.340 e. The smallest absolute Gasteiger partial charge is 0.274 e. The van der Waals surface area contributed by atoms with Gasteiger partial charge in [-0.15, -0.1) is 11.3 Å². The summed E-state index contributed by atoms with van der Waals surface area (Å²) in [6.45, 7) is 3.99. The van der Waals surface area contributed by atoms with Gasteiger partial charge in [-0.05, 0) is 32.1 Å². The fraction of sp³-hybridized carbons (Fsp3) is 0.667. The number of hydrogen-bond acceptors (Lipinski definition) is 5. The van der Waals surface area contributed by atoms with Crippen molar-refractivity contribution in [2.75, 3.05) is 26.2 Å². The monoisotopic (exact) mass is 399 g/mol. The third-order valence-electron chi connectivity index (χ3n) is 6.70. The third-order valence-corrected chi connectivity index (χ3v) is 8.02. The molecule has 1 saturated carbocycles. The molecule has 0 aromatic carbocycles. The first-order chi connectivity index (χ1) is 13.7. The molecule has 0 radical (unpaired) electrons. The summed E-state index contributed by atoms with van der Waals surface area (Å²) in [7, 11) is 1.90. The van der Waals surface area contributed by atoms with Gasteiger partial charge in [0.15, 0.2) is 0 Å². The Morgan fingerprint density at radius 2 is 1.89 bits per heavy atom. The number of carbonyl (C=O) groups excluding carboxylic acids is 1. The van der Waals surface area contributed by atoms with Gasteiger partial charge in [0.25, 0.3) is 5.91 Å². The summed E-state index contributed by atoms with van der Waals surface area (Å²) in [5, 5.41) is 1.31. The van der Waals surface area contributed by atoms with E-state index < -0.39 is 0 Å². The van der Waals surface area contributed by atoms with Crippen LogP contribution in [0.3, 0.4) is 0 Å². The summed E-state index contributed by atoms with van der Waals surface area (Å²) in [4.78, 5) is 28.0. The van der Waals surface area contributed by atoms with Crippen LogP contribution in [0.1, 0.15) is 64.1 Å². The maximum atomic E-state index is 12.6. The van der Waals surface area contributed by atoms with Gasteiger partial charge < -0.3 is 9.47 Å². The van der Waals surface area contributed by atoms with Crippen LogP contribution in [0.15, 0.2) is 12.5 Å². The molecule has 0 bridgehead atoms. The number of rotatable bonds is 3. The average molecular weight is 400 g/mol. The van der Waals surface area contributed by atoms with Crippen molar-refractivity contribution in [3.05, 3.63) is 33.8 Å². The highest BCUT2D eigenvalue weighted by molar-refractivity contribution is 7.11. The highest BCUT2D eigenvalue weighted by atomic mass is 32.1. The van der Waals surface area contributed by atoms with Gasteiger partial charge >= 0.3 is 0 Å². The van der Waals surface area contributed by atoms with Crippen molar-refractivity contribution >= 4 is 17.2 Å². The first-order valence-electron chi connectivity index (χ1n) is 10.7. The van der Waals surface area contributed by atoms with E-state index in [0.29, 0.717) is 11.6 Å². The van der Waals surface area contributed by atoms with Crippen LogP contribution < -0.4 is 0 Å². The lowest BCUT2D eigenvalue weighted by Gasteiger charge is -2.36. The van der Waals surface area contributed by atoms with E-state index in [2.05, 4.69) is 9.88 Å². The second-order valence-electron chi connectivity index (χ2n) is 8.53. The minimum Gasteiger partial charge on any atom is -0.340 e. The van der Waals surface area contributed by atoms with Crippen molar-refractivity contribution in [2.24, 2.45) is 7.05 Å².